The fraction of sp³-hybridized carbons (Fsp3) is 0.600. The molecule has 0 fully saturated rings. The quantitative estimate of drug-likeness (QED) is 0.727. The zero-order valence-corrected chi connectivity index (χ0v) is 9.45. The number of rotatable bonds is 5. The lowest BCUT2D eigenvalue weighted by molar-refractivity contribution is -0.119. The van der Waals surface area contributed by atoms with Crippen molar-refractivity contribution in [3.63, 3.8) is 0 Å². The predicted octanol–water partition coefficient (Wildman–Crippen LogP) is 0.164. The van der Waals surface area contributed by atoms with Crippen LogP contribution in [0.15, 0.2) is 12.3 Å². The summed E-state index contributed by atoms with van der Waals surface area (Å²) in [5.41, 5.74) is 5.96. The second kappa shape index (κ2) is 4.44. The van der Waals surface area contributed by atoms with Gasteiger partial charge in [0.2, 0.25) is 5.91 Å². The van der Waals surface area contributed by atoms with Crippen LogP contribution in [-0.2, 0) is 18.4 Å². The van der Waals surface area contributed by atoms with Crippen LogP contribution < -0.4 is 11.1 Å². The van der Waals surface area contributed by atoms with Crippen LogP contribution in [0.25, 0.3) is 0 Å². The summed E-state index contributed by atoms with van der Waals surface area (Å²) in [6.45, 7) is 4.58. The molecule has 0 bridgehead atoms. The van der Waals surface area contributed by atoms with E-state index in [4.69, 9.17) is 5.73 Å². The Morgan fingerprint density at radius 2 is 2.33 bits per heavy atom. The highest BCUT2D eigenvalue weighted by Crippen LogP contribution is 2.09. The first-order chi connectivity index (χ1) is 6.91. The molecule has 0 aliphatic heterocycles. The molecule has 5 nitrogen and oxygen atoms in total. The number of nitrogens with zero attached hydrogens (tertiary/aromatic N) is 2. The number of amides is 1. The summed E-state index contributed by atoms with van der Waals surface area (Å²) in [6.07, 6.45) is 2.07. The Bertz CT molecular complexity index is 343. The number of aryl methyl sites for hydroxylation is 1. The van der Waals surface area contributed by atoms with E-state index in [-0.39, 0.29) is 11.4 Å². The maximum absolute atomic E-state index is 10.8. The second-order valence-corrected chi connectivity index (χ2v) is 4.33. The van der Waals surface area contributed by atoms with Gasteiger partial charge in [0.25, 0.3) is 0 Å². The number of hydrogen-bond donors (Lipinski definition) is 2. The lowest BCUT2D eigenvalue weighted by Gasteiger charge is -2.24. The average Bonchev–Trinajstić information content (AvgIpc) is 2.45. The van der Waals surface area contributed by atoms with E-state index >= 15 is 0 Å². The van der Waals surface area contributed by atoms with Crippen molar-refractivity contribution < 1.29 is 4.79 Å². The lowest BCUT2D eigenvalue weighted by Crippen LogP contribution is -2.42. The van der Waals surface area contributed by atoms with Crippen molar-refractivity contribution in [1.29, 1.82) is 0 Å². The number of aromatic nitrogens is 2. The molecule has 0 saturated heterocycles. The number of carbonyl (C=O) groups is 1. The minimum Gasteiger partial charge on any atom is -0.370 e. The molecule has 0 atom stereocenters. The molecule has 0 aliphatic rings. The molecule has 3 N–H and O–H groups in total. The third-order valence-electron chi connectivity index (χ3n) is 2.29. The number of carbonyl (C=O) groups excluding carboxylic acids is 1. The van der Waals surface area contributed by atoms with Gasteiger partial charge in [0.05, 0.1) is 5.69 Å². The molecular weight excluding hydrogens is 192 g/mol. The first-order valence-corrected chi connectivity index (χ1v) is 4.91. The van der Waals surface area contributed by atoms with Crippen LogP contribution in [0.2, 0.25) is 0 Å². The molecule has 1 rings (SSSR count). The molecule has 5 heteroatoms. The number of hydrogen-bond acceptors (Lipinski definition) is 3. The first-order valence-electron chi connectivity index (χ1n) is 4.91. The maximum atomic E-state index is 10.8. The molecular formula is C10H18N4O. The van der Waals surface area contributed by atoms with Crippen LogP contribution in [-0.4, -0.2) is 21.2 Å². The van der Waals surface area contributed by atoms with E-state index in [1.165, 1.54) is 0 Å². The van der Waals surface area contributed by atoms with Crippen molar-refractivity contribution in [2.75, 3.05) is 0 Å². The summed E-state index contributed by atoms with van der Waals surface area (Å²) in [5.74, 6) is -0.294. The molecule has 15 heavy (non-hydrogen) atoms. The fourth-order valence-corrected chi connectivity index (χ4v) is 1.40. The fourth-order valence-electron chi connectivity index (χ4n) is 1.40. The number of nitrogens with two attached hydrogens (primary N) is 1. The van der Waals surface area contributed by atoms with Gasteiger partial charge in [-0.25, -0.2) is 0 Å². The predicted molar refractivity (Wildman–Crippen MR) is 57.9 cm³/mol. The van der Waals surface area contributed by atoms with Gasteiger partial charge < -0.3 is 11.1 Å². The highest BCUT2D eigenvalue weighted by atomic mass is 16.1. The molecule has 0 spiro atoms. The summed E-state index contributed by atoms with van der Waals surface area (Å²) >= 11 is 0. The molecule has 0 radical (unpaired) electrons. The van der Waals surface area contributed by atoms with Crippen molar-refractivity contribution in [3.8, 4) is 0 Å². The van der Waals surface area contributed by atoms with E-state index in [2.05, 4.69) is 10.4 Å². The van der Waals surface area contributed by atoms with Crippen molar-refractivity contribution in [2.45, 2.75) is 32.4 Å². The number of primary amides is 1. The Morgan fingerprint density at radius 3 is 2.80 bits per heavy atom. The van der Waals surface area contributed by atoms with Gasteiger partial charge in [-0.2, -0.15) is 5.10 Å². The van der Waals surface area contributed by atoms with Crippen LogP contribution in [0.1, 0.15) is 26.0 Å². The molecule has 1 heterocycles. The van der Waals surface area contributed by atoms with Gasteiger partial charge in [-0.1, -0.05) is 0 Å². The monoisotopic (exact) mass is 210 g/mol. The van der Waals surface area contributed by atoms with E-state index in [9.17, 15) is 4.79 Å². The Morgan fingerprint density at radius 1 is 1.67 bits per heavy atom. The second-order valence-electron chi connectivity index (χ2n) is 4.33. The SMILES string of the molecule is Cn1nccc1CNC(C)(C)CC(N)=O. The van der Waals surface area contributed by atoms with Crippen molar-refractivity contribution in [1.82, 2.24) is 15.1 Å². The topological polar surface area (TPSA) is 72.9 Å². The third kappa shape index (κ3) is 3.71. The van der Waals surface area contributed by atoms with Gasteiger partial charge in [0.1, 0.15) is 0 Å². The third-order valence-corrected chi connectivity index (χ3v) is 2.29. The van der Waals surface area contributed by atoms with Crippen LogP contribution in [0, 0.1) is 0 Å². The zero-order valence-electron chi connectivity index (χ0n) is 9.45. The summed E-state index contributed by atoms with van der Waals surface area (Å²) in [6, 6.07) is 1.94. The minimum atomic E-state index is -0.294. The molecule has 1 aromatic heterocycles. The van der Waals surface area contributed by atoms with E-state index in [1.807, 2.05) is 27.0 Å². The van der Waals surface area contributed by atoms with E-state index in [1.54, 1.807) is 10.9 Å². The molecule has 1 aromatic rings. The van der Waals surface area contributed by atoms with Gasteiger partial charge >= 0.3 is 0 Å². The molecule has 1 amide bonds. The number of nitrogens with one attached hydrogen (secondary N) is 1. The summed E-state index contributed by atoms with van der Waals surface area (Å²) < 4.78 is 1.80. The van der Waals surface area contributed by atoms with Crippen LogP contribution >= 0.6 is 0 Å². The Balaban J connectivity index is 2.49. The Kier molecular flexibility index (Phi) is 3.47. The largest absolute Gasteiger partial charge is 0.370 e. The van der Waals surface area contributed by atoms with Crippen molar-refractivity contribution in [2.24, 2.45) is 12.8 Å². The van der Waals surface area contributed by atoms with Gasteiger partial charge in [-0.15, -0.1) is 0 Å². The zero-order chi connectivity index (χ0) is 11.5. The van der Waals surface area contributed by atoms with E-state index in [0.29, 0.717) is 13.0 Å². The normalized spacial score (nSPS) is 11.7. The smallest absolute Gasteiger partial charge is 0.219 e. The van der Waals surface area contributed by atoms with Gasteiger partial charge in [-0.05, 0) is 19.9 Å². The molecule has 0 unspecified atom stereocenters. The van der Waals surface area contributed by atoms with Gasteiger partial charge in [0, 0.05) is 31.7 Å². The Labute approximate surface area is 89.6 Å². The van der Waals surface area contributed by atoms with Crippen LogP contribution in [0.3, 0.4) is 0 Å². The minimum absolute atomic E-state index is 0.282. The summed E-state index contributed by atoms with van der Waals surface area (Å²) in [7, 11) is 1.89. The molecule has 84 valence electrons. The van der Waals surface area contributed by atoms with Crippen molar-refractivity contribution >= 4 is 5.91 Å². The first kappa shape index (κ1) is 11.7. The summed E-state index contributed by atoms with van der Waals surface area (Å²) in [4.78, 5) is 10.8. The van der Waals surface area contributed by atoms with Crippen LogP contribution in [0.5, 0.6) is 0 Å². The summed E-state index contributed by atoms with van der Waals surface area (Å²) in [5, 5.41) is 7.34. The standard InChI is InChI=1S/C10H18N4O/c1-10(2,6-9(11)15)12-7-8-4-5-13-14(8)3/h4-5,12H,6-7H2,1-3H3,(H2,11,15). The van der Waals surface area contributed by atoms with Crippen molar-refractivity contribution in [3.05, 3.63) is 18.0 Å². The van der Waals surface area contributed by atoms with Crippen LogP contribution in [0.4, 0.5) is 0 Å². The van der Waals surface area contributed by atoms with E-state index < -0.39 is 0 Å². The van der Waals surface area contributed by atoms with Gasteiger partial charge in [-0.3, -0.25) is 9.48 Å². The lowest BCUT2D eigenvalue weighted by atomic mass is 10.0. The molecule has 0 saturated carbocycles. The molecule has 0 aromatic carbocycles. The Hall–Kier alpha value is -1.36. The average molecular weight is 210 g/mol. The maximum Gasteiger partial charge on any atom is 0.219 e. The van der Waals surface area contributed by atoms with Gasteiger partial charge in [0.15, 0.2) is 0 Å². The highest BCUT2D eigenvalue weighted by molar-refractivity contribution is 5.74. The molecule has 0 aliphatic carbocycles. The highest BCUT2D eigenvalue weighted by Gasteiger charge is 2.19. The van der Waals surface area contributed by atoms with E-state index in [0.717, 1.165) is 5.69 Å².